The number of hydrogen-bond acceptors (Lipinski definition) is 37. The minimum absolute atomic E-state index is 0.159. The summed E-state index contributed by atoms with van der Waals surface area (Å²) in [4.78, 5) is 40.0. The monoisotopic (exact) mass is 1880 g/mol. The summed E-state index contributed by atoms with van der Waals surface area (Å²) in [6.07, 6.45) is -21.5. The van der Waals surface area contributed by atoms with Gasteiger partial charge in [0.25, 0.3) is 0 Å². The van der Waals surface area contributed by atoms with Crippen LogP contribution in [0.3, 0.4) is 0 Å². The van der Waals surface area contributed by atoms with Gasteiger partial charge in [0.2, 0.25) is 17.7 Å². The molecule has 130 heavy (non-hydrogen) atoms. The van der Waals surface area contributed by atoms with Crippen molar-refractivity contribution in [2.45, 2.75) is 493 Å². The van der Waals surface area contributed by atoms with Gasteiger partial charge in [-0.05, 0) is 26.2 Å². The van der Waals surface area contributed by atoms with Gasteiger partial charge < -0.3 is 184 Å². The highest BCUT2D eigenvalue weighted by molar-refractivity contribution is 5.76. The first kappa shape index (κ1) is 114. The second-order valence-corrected chi connectivity index (χ2v) is 36.3. The van der Waals surface area contributed by atoms with Crippen LogP contribution in [-0.4, -0.2) is 393 Å². The first-order valence-electron chi connectivity index (χ1n) is 48.3. The number of ether oxygens (including phenoxy) is 14. The molecule has 0 aromatic carbocycles. The van der Waals surface area contributed by atoms with Crippen molar-refractivity contribution in [2.75, 3.05) is 46.2 Å². The molecule has 7 rings (SSSR count). The zero-order chi connectivity index (χ0) is 94.9. The Labute approximate surface area is 764 Å². The standard InChI is InChI=1S/C90H163N3O37/c1-6-8-10-12-14-16-18-20-21-22-23-24-25-26-27-28-29-31-33-35-37-39-41-43-62(103)93-54(55(102)42-40-38-36-34-32-30-19-17-15-13-11-9-7-2)50-117-86-76(115)73(112)79(61(49-99)124-86)125-89-77(116)81(68(107)58(46-96)121-89)128-84-63(91-52(4)100)70(109)78(60(48-98)123-84)126-90-83(130-87-74(113)71(110)65(104)51(3)118-87)82(69(108)59(47-97)122-90)129-85-64(92-53(5)101)80(67(106)57(45-95)119-85)127-88-75(114)72(111)66(105)56(44-94)120-88/h40,42,51,54-61,63-90,94-99,102,104-116H,6-39,41,43-50H2,1-5H3,(H,91,100)(H,92,101)(H,93,103)/b42-40+/t51?,54-,55+,56?,57?,58?,59?,60?,61?,63?,64?,65+,66-,67-,68-,69-,70+,71?,72-,73+,74-,75?,76?,77?,78+,79+,80+,81-,82-,83?,84-,85+,86+,87+,88-,89-,90-/m0/s1. The lowest BCUT2D eigenvalue weighted by Gasteiger charge is -2.52. The molecule has 0 spiro atoms. The van der Waals surface area contributed by atoms with Crippen molar-refractivity contribution >= 4 is 17.7 Å². The number of hydrogen-bond donors (Lipinski definition) is 23. The largest absolute Gasteiger partial charge is 0.394 e. The Morgan fingerprint density at radius 2 is 0.646 bits per heavy atom. The van der Waals surface area contributed by atoms with E-state index in [0.717, 1.165) is 65.2 Å². The third-order valence-corrected chi connectivity index (χ3v) is 25.8. The van der Waals surface area contributed by atoms with Crippen LogP contribution in [0, 0.1) is 0 Å². The number of allylic oxidation sites excluding steroid dienone is 1. The average molecular weight is 1880 g/mol. The van der Waals surface area contributed by atoms with Crippen LogP contribution in [0.2, 0.25) is 0 Å². The Morgan fingerprint density at radius 3 is 1.12 bits per heavy atom. The van der Waals surface area contributed by atoms with E-state index < -0.39 is 285 Å². The molecule has 0 aromatic rings. The van der Waals surface area contributed by atoms with E-state index in [4.69, 9.17) is 66.3 Å². The fourth-order valence-corrected chi connectivity index (χ4v) is 17.9. The fraction of sp³-hybridized carbons (Fsp3) is 0.944. The third kappa shape index (κ3) is 35.0. The van der Waals surface area contributed by atoms with E-state index in [1.54, 1.807) is 6.08 Å². The van der Waals surface area contributed by atoms with Gasteiger partial charge in [0, 0.05) is 20.3 Å². The summed E-state index contributed by atoms with van der Waals surface area (Å²) >= 11 is 0. The predicted octanol–water partition coefficient (Wildman–Crippen LogP) is -0.451. The van der Waals surface area contributed by atoms with Gasteiger partial charge >= 0.3 is 0 Å². The number of carbonyl (C=O) groups is 3. The van der Waals surface area contributed by atoms with E-state index in [0.29, 0.717) is 12.8 Å². The van der Waals surface area contributed by atoms with Gasteiger partial charge in [0.1, 0.15) is 165 Å². The van der Waals surface area contributed by atoms with Gasteiger partial charge in [-0.15, -0.1) is 0 Å². The SMILES string of the molecule is CCCCCCCCCCCCC/C=C/[C@@H](O)[C@H](CO[C@@H]1OC(CO)[C@@H](O[C@@H]2OC(CO)[C@H](O)[C@H](O[C@@H]3OC(CO)[C@@H](O[C@@H]4OC(CO)[C@H](O)[C@H](O[C@H]5OC(CO)[C@H](O)[C@H](O[C@@H]6OC(CO)[C@H](O)[C@H](O)C6O)C5NC(C)=O)C4O[C@H]4OC(C)[C@@H](O)C(O)[C@@H]4O)[C@H](O)C3NC(C)=O)C2O)[C@H](O)C1O)NC(=O)CCCCCCCCCCCCCCCCCCCCCCCCC. The molecule has 3 amide bonds. The lowest BCUT2D eigenvalue weighted by Crippen LogP contribution is -2.71. The summed E-state index contributed by atoms with van der Waals surface area (Å²) in [5.74, 6) is -2.18. The molecule has 0 saturated carbocycles. The molecule has 0 aromatic heterocycles. The van der Waals surface area contributed by atoms with Gasteiger partial charge in [-0.2, -0.15) is 0 Å². The van der Waals surface area contributed by atoms with Gasteiger partial charge in [-0.1, -0.05) is 231 Å². The van der Waals surface area contributed by atoms with E-state index in [9.17, 15) is 117 Å². The van der Waals surface area contributed by atoms with Crippen LogP contribution in [-0.2, 0) is 80.7 Å². The van der Waals surface area contributed by atoms with Crippen molar-refractivity contribution in [3.8, 4) is 0 Å². The smallest absolute Gasteiger partial charge is 0.220 e. The maximum absolute atomic E-state index is 13.7. The molecule has 40 heteroatoms. The maximum Gasteiger partial charge on any atom is 0.220 e. The van der Waals surface area contributed by atoms with E-state index in [1.165, 1.54) is 167 Å². The molecule has 7 aliphatic heterocycles. The van der Waals surface area contributed by atoms with E-state index in [-0.39, 0.29) is 12.3 Å². The van der Waals surface area contributed by atoms with Crippen molar-refractivity contribution in [3.63, 3.8) is 0 Å². The van der Waals surface area contributed by atoms with Gasteiger partial charge in [-0.3, -0.25) is 14.4 Å². The van der Waals surface area contributed by atoms with E-state index in [1.807, 2.05) is 6.08 Å². The molecule has 7 heterocycles. The minimum atomic E-state index is -2.26. The molecule has 7 saturated heterocycles. The summed E-state index contributed by atoms with van der Waals surface area (Å²) in [6, 6.07) is -4.90. The lowest BCUT2D eigenvalue weighted by atomic mass is 9.93. The number of nitrogens with one attached hydrogen (secondary N) is 3. The van der Waals surface area contributed by atoms with Crippen LogP contribution in [0.5, 0.6) is 0 Å². The molecule has 37 atom stereocenters. The lowest BCUT2D eigenvalue weighted by molar-refractivity contribution is -0.404. The highest BCUT2D eigenvalue weighted by atomic mass is 16.8. The predicted molar refractivity (Wildman–Crippen MR) is 462 cm³/mol. The minimum Gasteiger partial charge on any atom is -0.394 e. The molecule has 7 aliphatic rings. The molecular weight excluding hydrogens is 1710 g/mol. The fourth-order valence-electron chi connectivity index (χ4n) is 17.9. The highest BCUT2D eigenvalue weighted by Gasteiger charge is 2.60. The molecule has 0 radical (unpaired) electrons. The Bertz CT molecular complexity index is 3060. The van der Waals surface area contributed by atoms with Crippen molar-refractivity contribution in [1.29, 1.82) is 0 Å². The molecule has 7 fully saturated rings. The molecule has 14 unspecified atom stereocenters. The number of aliphatic hydroxyl groups excluding tert-OH is 20. The van der Waals surface area contributed by atoms with Crippen LogP contribution < -0.4 is 16.0 Å². The van der Waals surface area contributed by atoms with Crippen molar-refractivity contribution in [2.24, 2.45) is 0 Å². The van der Waals surface area contributed by atoms with Crippen LogP contribution in [0.15, 0.2) is 12.2 Å². The zero-order valence-electron chi connectivity index (χ0n) is 76.8. The summed E-state index contributed by atoms with van der Waals surface area (Å²) in [6.45, 7) is 0.903. The number of unbranched alkanes of at least 4 members (excludes halogenated alkanes) is 33. The van der Waals surface area contributed by atoms with Gasteiger partial charge in [0.05, 0.1) is 64.5 Å². The van der Waals surface area contributed by atoms with Gasteiger partial charge in [-0.25, -0.2) is 0 Å². The molecule has 23 N–H and O–H groups in total. The van der Waals surface area contributed by atoms with Gasteiger partial charge in [0.15, 0.2) is 44.0 Å². The summed E-state index contributed by atoms with van der Waals surface area (Å²) in [5.41, 5.74) is 0. The zero-order valence-corrected chi connectivity index (χ0v) is 76.8. The third-order valence-electron chi connectivity index (χ3n) is 25.8. The maximum atomic E-state index is 13.7. The Balaban J connectivity index is 1.01. The van der Waals surface area contributed by atoms with E-state index >= 15 is 0 Å². The number of amides is 3. The number of rotatable bonds is 62. The van der Waals surface area contributed by atoms with Crippen LogP contribution >= 0.6 is 0 Å². The van der Waals surface area contributed by atoms with Crippen LogP contribution in [0.1, 0.15) is 266 Å². The highest BCUT2D eigenvalue weighted by Crippen LogP contribution is 2.40. The van der Waals surface area contributed by atoms with Crippen molar-refractivity contribution in [3.05, 3.63) is 12.2 Å². The van der Waals surface area contributed by atoms with Crippen LogP contribution in [0.25, 0.3) is 0 Å². The quantitative estimate of drug-likeness (QED) is 0.0271. The normalized spacial score (nSPS) is 37.3. The first-order valence-corrected chi connectivity index (χ1v) is 48.3. The van der Waals surface area contributed by atoms with Crippen molar-refractivity contribution in [1.82, 2.24) is 16.0 Å². The topological polar surface area (TPSA) is 621 Å². The van der Waals surface area contributed by atoms with Crippen LogP contribution in [0.4, 0.5) is 0 Å². The average Bonchev–Trinajstić information content (AvgIpc) is 0.757. The molecule has 0 bridgehead atoms. The Morgan fingerprint density at radius 1 is 0.315 bits per heavy atom. The summed E-state index contributed by atoms with van der Waals surface area (Å²) in [7, 11) is 0. The summed E-state index contributed by atoms with van der Waals surface area (Å²) < 4.78 is 84.8. The Hall–Kier alpha value is -3.21. The first-order chi connectivity index (χ1) is 62.5. The number of aliphatic hydroxyl groups is 20. The van der Waals surface area contributed by atoms with E-state index in [2.05, 4.69) is 29.8 Å². The molecule has 40 nitrogen and oxygen atoms in total. The summed E-state index contributed by atoms with van der Waals surface area (Å²) in [5, 5.41) is 233. The molecule has 0 aliphatic carbocycles. The molecular formula is C90H163N3O37. The number of carbonyl (C=O) groups excluding carboxylic acids is 3. The Kier molecular flexibility index (Phi) is 53.6. The second kappa shape index (κ2) is 61.3. The van der Waals surface area contributed by atoms with Crippen molar-refractivity contribution < 1.29 is 183 Å². The molecule has 760 valence electrons. The second-order valence-electron chi connectivity index (χ2n) is 36.3.